The van der Waals surface area contributed by atoms with E-state index < -0.39 is 0 Å². The highest BCUT2D eigenvalue weighted by Gasteiger charge is 2.06. The van der Waals surface area contributed by atoms with Gasteiger partial charge in [0.15, 0.2) is 0 Å². The van der Waals surface area contributed by atoms with Crippen molar-refractivity contribution in [1.29, 1.82) is 0 Å². The van der Waals surface area contributed by atoms with Crippen LogP contribution in [-0.4, -0.2) is 24.0 Å². The SMILES string of the molecule is CC(C)CCNC(=O)c1ccnc(NCCc2ccccc2)c1. The molecule has 0 spiro atoms. The molecule has 2 rings (SSSR count). The molecule has 0 fully saturated rings. The average Bonchev–Trinajstić information content (AvgIpc) is 2.56. The van der Waals surface area contributed by atoms with E-state index >= 15 is 0 Å². The summed E-state index contributed by atoms with van der Waals surface area (Å²) < 4.78 is 0. The lowest BCUT2D eigenvalue weighted by Crippen LogP contribution is -2.25. The number of nitrogens with one attached hydrogen (secondary N) is 2. The van der Waals surface area contributed by atoms with Gasteiger partial charge in [0.2, 0.25) is 0 Å². The lowest BCUT2D eigenvalue weighted by Gasteiger charge is -2.09. The molecule has 0 bridgehead atoms. The summed E-state index contributed by atoms with van der Waals surface area (Å²) in [5, 5.41) is 6.22. The van der Waals surface area contributed by atoms with Crippen LogP contribution in [0.3, 0.4) is 0 Å². The van der Waals surface area contributed by atoms with Gasteiger partial charge in [-0.1, -0.05) is 44.2 Å². The van der Waals surface area contributed by atoms with Crippen molar-refractivity contribution < 1.29 is 4.79 Å². The van der Waals surface area contributed by atoms with Gasteiger partial charge in [-0.2, -0.15) is 0 Å². The Kier molecular flexibility index (Phi) is 6.60. The van der Waals surface area contributed by atoms with Crippen LogP contribution >= 0.6 is 0 Å². The predicted octanol–water partition coefficient (Wildman–Crippen LogP) is 3.51. The number of rotatable bonds is 8. The molecule has 0 aliphatic rings. The molecule has 4 heteroatoms. The fraction of sp³-hybridized carbons (Fsp3) is 0.368. The third-order valence-corrected chi connectivity index (χ3v) is 3.59. The Bertz CT molecular complexity index is 611. The minimum atomic E-state index is -0.0424. The molecule has 0 unspecified atom stereocenters. The topological polar surface area (TPSA) is 54.0 Å². The molecule has 4 nitrogen and oxygen atoms in total. The van der Waals surface area contributed by atoms with Crippen molar-refractivity contribution >= 4 is 11.7 Å². The maximum absolute atomic E-state index is 12.1. The van der Waals surface area contributed by atoms with Crippen LogP contribution in [0, 0.1) is 5.92 Å². The summed E-state index contributed by atoms with van der Waals surface area (Å²) in [6, 6.07) is 13.8. The number of benzene rings is 1. The Labute approximate surface area is 138 Å². The summed E-state index contributed by atoms with van der Waals surface area (Å²) in [6.07, 6.45) is 3.58. The van der Waals surface area contributed by atoms with Crippen LogP contribution in [0.1, 0.15) is 36.2 Å². The number of amides is 1. The summed E-state index contributed by atoms with van der Waals surface area (Å²) in [6.45, 7) is 5.78. The van der Waals surface area contributed by atoms with E-state index in [0.29, 0.717) is 18.0 Å². The molecule has 1 amide bonds. The van der Waals surface area contributed by atoms with Crippen molar-refractivity contribution in [2.75, 3.05) is 18.4 Å². The highest BCUT2D eigenvalue weighted by atomic mass is 16.1. The Morgan fingerprint density at radius 2 is 1.91 bits per heavy atom. The zero-order chi connectivity index (χ0) is 16.5. The van der Waals surface area contributed by atoms with Gasteiger partial charge in [0.05, 0.1) is 0 Å². The molecule has 0 atom stereocenters. The fourth-order valence-electron chi connectivity index (χ4n) is 2.22. The number of hydrogen-bond acceptors (Lipinski definition) is 3. The molecule has 1 aromatic carbocycles. The van der Waals surface area contributed by atoms with Gasteiger partial charge < -0.3 is 10.6 Å². The first kappa shape index (κ1) is 17.0. The number of hydrogen-bond donors (Lipinski definition) is 2. The number of anilines is 1. The van der Waals surface area contributed by atoms with Crippen LogP contribution in [0.15, 0.2) is 48.7 Å². The van der Waals surface area contributed by atoms with Crippen LogP contribution in [0.4, 0.5) is 5.82 Å². The van der Waals surface area contributed by atoms with Crippen molar-refractivity contribution in [1.82, 2.24) is 10.3 Å². The van der Waals surface area contributed by atoms with Gasteiger partial charge in [-0.25, -0.2) is 4.98 Å². The molecule has 2 aromatic rings. The van der Waals surface area contributed by atoms with E-state index in [4.69, 9.17) is 0 Å². The first-order valence-electron chi connectivity index (χ1n) is 8.17. The van der Waals surface area contributed by atoms with E-state index in [9.17, 15) is 4.79 Å². The number of nitrogens with zero attached hydrogens (tertiary/aromatic N) is 1. The molecule has 1 aromatic heterocycles. The number of pyridine rings is 1. The van der Waals surface area contributed by atoms with E-state index in [2.05, 4.69) is 41.6 Å². The van der Waals surface area contributed by atoms with Gasteiger partial charge in [0.25, 0.3) is 5.91 Å². The first-order chi connectivity index (χ1) is 11.1. The van der Waals surface area contributed by atoms with Gasteiger partial charge in [-0.3, -0.25) is 4.79 Å². The Morgan fingerprint density at radius 1 is 1.13 bits per heavy atom. The second kappa shape index (κ2) is 8.93. The zero-order valence-electron chi connectivity index (χ0n) is 13.9. The van der Waals surface area contributed by atoms with Gasteiger partial charge in [-0.05, 0) is 36.5 Å². The molecule has 0 aliphatic heterocycles. The summed E-state index contributed by atoms with van der Waals surface area (Å²) in [7, 11) is 0. The van der Waals surface area contributed by atoms with E-state index in [1.807, 2.05) is 18.2 Å². The minimum absolute atomic E-state index is 0.0424. The average molecular weight is 311 g/mol. The largest absolute Gasteiger partial charge is 0.370 e. The van der Waals surface area contributed by atoms with Crippen molar-refractivity contribution in [3.63, 3.8) is 0 Å². The van der Waals surface area contributed by atoms with E-state index in [-0.39, 0.29) is 5.91 Å². The van der Waals surface area contributed by atoms with Crippen LogP contribution in [0.5, 0.6) is 0 Å². The lowest BCUT2D eigenvalue weighted by molar-refractivity contribution is 0.0952. The fourth-order valence-corrected chi connectivity index (χ4v) is 2.22. The van der Waals surface area contributed by atoms with Crippen molar-refractivity contribution in [3.8, 4) is 0 Å². The quantitative estimate of drug-likeness (QED) is 0.784. The summed E-state index contributed by atoms with van der Waals surface area (Å²) in [5.74, 6) is 1.28. The minimum Gasteiger partial charge on any atom is -0.370 e. The Balaban J connectivity index is 1.83. The highest BCUT2D eigenvalue weighted by Crippen LogP contribution is 2.08. The second-order valence-corrected chi connectivity index (χ2v) is 6.03. The van der Waals surface area contributed by atoms with Crippen LogP contribution in [0.25, 0.3) is 0 Å². The Morgan fingerprint density at radius 3 is 2.65 bits per heavy atom. The molecule has 23 heavy (non-hydrogen) atoms. The predicted molar refractivity (Wildman–Crippen MR) is 94.7 cm³/mol. The first-order valence-corrected chi connectivity index (χ1v) is 8.17. The van der Waals surface area contributed by atoms with E-state index in [1.165, 1.54) is 5.56 Å². The standard InChI is InChI=1S/C19H25N3O/c1-15(2)8-11-22-19(23)17-10-13-21-18(14-17)20-12-9-16-6-4-3-5-7-16/h3-7,10,13-15H,8-9,11-12H2,1-2H3,(H,20,21)(H,22,23). The number of carbonyl (C=O) groups excluding carboxylic acids is 1. The molecule has 122 valence electrons. The smallest absolute Gasteiger partial charge is 0.251 e. The normalized spacial score (nSPS) is 10.6. The maximum atomic E-state index is 12.1. The van der Waals surface area contributed by atoms with Crippen molar-refractivity contribution in [2.24, 2.45) is 5.92 Å². The molecular weight excluding hydrogens is 286 g/mol. The monoisotopic (exact) mass is 311 g/mol. The molecule has 1 heterocycles. The molecular formula is C19H25N3O. The summed E-state index contributed by atoms with van der Waals surface area (Å²) in [4.78, 5) is 16.4. The third kappa shape index (κ3) is 6.10. The van der Waals surface area contributed by atoms with E-state index in [0.717, 1.165) is 25.2 Å². The zero-order valence-corrected chi connectivity index (χ0v) is 13.9. The van der Waals surface area contributed by atoms with Gasteiger partial charge in [-0.15, -0.1) is 0 Å². The van der Waals surface area contributed by atoms with Gasteiger partial charge in [0.1, 0.15) is 5.82 Å². The third-order valence-electron chi connectivity index (χ3n) is 3.59. The van der Waals surface area contributed by atoms with Crippen LogP contribution < -0.4 is 10.6 Å². The summed E-state index contributed by atoms with van der Waals surface area (Å²) in [5.41, 5.74) is 1.92. The maximum Gasteiger partial charge on any atom is 0.251 e. The molecule has 0 saturated heterocycles. The van der Waals surface area contributed by atoms with Crippen molar-refractivity contribution in [2.45, 2.75) is 26.7 Å². The van der Waals surface area contributed by atoms with Gasteiger partial charge in [0, 0.05) is 24.8 Å². The molecule has 2 N–H and O–H groups in total. The number of aromatic nitrogens is 1. The lowest BCUT2D eigenvalue weighted by atomic mass is 10.1. The molecule has 0 radical (unpaired) electrons. The summed E-state index contributed by atoms with van der Waals surface area (Å²) >= 11 is 0. The van der Waals surface area contributed by atoms with Gasteiger partial charge >= 0.3 is 0 Å². The van der Waals surface area contributed by atoms with Crippen LogP contribution in [-0.2, 0) is 6.42 Å². The highest BCUT2D eigenvalue weighted by molar-refractivity contribution is 5.94. The molecule has 0 aliphatic carbocycles. The van der Waals surface area contributed by atoms with E-state index in [1.54, 1.807) is 18.3 Å². The number of carbonyl (C=O) groups is 1. The van der Waals surface area contributed by atoms with Crippen LogP contribution in [0.2, 0.25) is 0 Å². The second-order valence-electron chi connectivity index (χ2n) is 6.03. The molecule has 0 saturated carbocycles. The Hall–Kier alpha value is -2.36. The van der Waals surface area contributed by atoms with Crippen molar-refractivity contribution in [3.05, 3.63) is 59.8 Å².